The third-order valence-electron chi connectivity index (χ3n) is 3.37. The molecule has 0 spiro atoms. The van der Waals surface area contributed by atoms with Gasteiger partial charge in [0.25, 0.3) is 0 Å². The number of aliphatic hydroxyl groups is 1. The third kappa shape index (κ3) is 1.86. The molecule has 1 aliphatic rings. The number of hydrogen-bond donors (Lipinski definition) is 2. The van der Waals surface area contributed by atoms with Crippen LogP contribution in [0.4, 0.5) is 8.78 Å². The molecule has 106 valence electrons. The van der Waals surface area contributed by atoms with E-state index in [0.29, 0.717) is 12.5 Å². The lowest BCUT2D eigenvalue weighted by atomic mass is 9.96. The minimum Gasteiger partial charge on any atom is -0.507 e. The number of fused-ring (bicyclic) bond motifs is 1. The summed E-state index contributed by atoms with van der Waals surface area (Å²) in [5, 5.41) is 19.5. The first-order chi connectivity index (χ1) is 9.49. The summed E-state index contributed by atoms with van der Waals surface area (Å²) < 4.78 is 36.5. The average molecular weight is 284 g/mol. The molecule has 1 aliphatic heterocycles. The second-order valence-corrected chi connectivity index (χ2v) is 4.57. The lowest BCUT2D eigenvalue weighted by Crippen LogP contribution is -2.20. The van der Waals surface area contributed by atoms with Crippen molar-refractivity contribution in [3.63, 3.8) is 0 Å². The third-order valence-corrected chi connectivity index (χ3v) is 3.37. The molecule has 0 amide bonds. The first-order valence-corrected chi connectivity index (χ1v) is 5.93. The van der Waals surface area contributed by atoms with E-state index in [1.807, 2.05) is 0 Å². The zero-order chi connectivity index (χ0) is 14.4. The average Bonchev–Trinajstić information content (AvgIpc) is 2.78. The van der Waals surface area contributed by atoms with Crippen molar-refractivity contribution in [1.82, 2.24) is 0 Å². The predicted molar refractivity (Wildman–Crippen MR) is 63.4 cm³/mol. The van der Waals surface area contributed by atoms with Gasteiger partial charge in [0.15, 0.2) is 17.7 Å². The number of ether oxygens (including phenoxy) is 1. The highest BCUT2D eigenvalue weighted by Crippen LogP contribution is 2.37. The van der Waals surface area contributed by atoms with Gasteiger partial charge in [-0.25, -0.2) is 13.6 Å². The molecular formula is C13H10F2O5. The first kappa shape index (κ1) is 13.0. The normalized spacial score (nSPS) is 22.6. The number of halogens is 2. The Bertz CT molecular complexity index is 740. The largest absolute Gasteiger partial charge is 0.507 e. The van der Waals surface area contributed by atoms with Gasteiger partial charge in [0.1, 0.15) is 11.6 Å². The molecule has 7 heteroatoms. The van der Waals surface area contributed by atoms with Crippen LogP contribution in [0.3, 0.4) is 0 Å². The van der Waals surface area contributed by atoms with E-state index in [0.717, 1.165) is 6.07 Å². The smallest absolute Gasteiger partial charge is 0.343 e. The SMILES string of the molecule is O=c1oc2c(F)cc(F)cc2c(O)c1C1CCOC1O. The Hall–Kier alpha value is -1.99. The van der Waals surface area contributed by atoms with Crippen LogP contribution in [0.2, 0.25) is 0 Å². The van der Waals surface area contributed by atoms with Crippen molar-refractivity contribution in [1.29, 1.82) is 0 Å². The fraction of sp³-hybridized carbons (Fsp3) is 0.308. The van der Waals surface area contributed by atoms with Gasteiger partial charge in [0, 0.05) is 12.0 Å². The van der Waals surface area contributed by atoms with E-state index in [9.17, 15) is 23.8 Å². The molecule has 1 aromatic heterocycles. The zero-order valence-electron chi connectivity index (χ0n) is 10.1. The number of benzene rings is 1. The van der Waals surface area contributed by atoms with Gasteiger partial charge in [0.2, 0.25) is 0 Å². The zero-order valence-corrected chi connectivity index (χ0v) is 10.1. The predicted octanol–water partition coefficient (Wildman–Crippen LogP) is 1.60. The highest BCUT2D eigenvalue weighted by molar-refractivity contribution is 5.84. The summed E-state index contributed by atoms with van der Waals surface area (Å²) in [6.45, 7) is 0.209. The molecule has 2 aromatic rings. The highest BCUT2D eigenvalue weighted by atomic mass is 19.1. The lowest BCUT2D eigenvalue weighted by molar-refractivity contribution is -0.0684. The van der Waals surface area contributed by atoms with E-state index in [2.05, 4.69) is 0 Å². The van der Waals surface area contributed by atoms with Gasteiger partial charge in [-0.05, 0) is 12.5 Å². The van der Waals surface area contributed by atoms with Crippen molar-refractivity contribution in [2.24, 2.45) is 0 Å². The summed E-state index contributed by atoms with van der Waals surface area (Å²) in [5.74, 6) is -3.37. The van der Waals surface area contributed by atoms with Crippen LogP contribution in [-0.2, 0) is 4.74 Å². The molecular weight excluding hydrogens is 274 g/mol. The Balaban J connectivity index is 2.31. The van der Waals surface area contributed by atoms with E-state index in [1.165, 1.54) is 0 Å². The van der Waals surface area contributed by atoms with Crippen LogP contribution in [0.1, 0.15) is 17.9 Å². The van der Waals surface area contributed by atoms with Crippen molar-refractivity contribution in [3.05, 3.63) is 39.8 Å². The van der Waals surface area contributed by atoms with Crippen LogP contribution in [0, 0.1) is 11.6 Å². The Morgan fingerprint density at radius 3 is 2.70 bits per heavy atom. The topological polar surface area (TPSA) is 79.9 Å². The Kier molecular flexibility index (Phi) is 2.95. The van der Waals surface area contributed by atoms with E-state index in [1.54, 1.807) is 0 Å². The molecule has 1 fully saturated rings. The van der Waals surface area contributed by atoms with Crippen molar-refractivity contribution in [3.8, 4) is 5.75 Å². The molecule has 2 atom stereocenters. The minimum absolute atomic E-state index is 0.209. The molecule has 1 saturated heterocycles. The number of hydrogen-bond acceptors (Lipinski definition) is 5. The van der Waals surface area contributed by atoms with Crippen molar-refractivity contribution in [2.45, 2.75) is 18.6 Å². The molecule has 0 saturated carbocycles. The van der Waals surface area contributed by atoms with Gasteiger partial charge >= 0.3 is 5.63 Å². The molecule has 2 N–H and O–H groups in total. The summed E-state index contributed by atoms with van der Waals surface area (Å²) in [6, 6.07) is 1.42. The fourth-order valence-electron chi connectivity index (χ4n) is 2.42. The second kappa shape index (κ2) is 4.53. The van der Waals surface area contributed by atoms with Crippen LogP contribution >= 0.6 is 0 Å². The summed E-state index contributed by atoms with van der Waals surface area (Å²) in [5.41, 5.74) is -1.73. The summed E-state index contributed by atoms with van der Waals surface area (Å²) in [4.78, 5) is 11.9. The molecule has 2 heterocycles. The maximum Gasteiger partial charge on any atom is 0.343 e. The van der Waals surface area contributed by atoms with Gasteiger partial charge in [-0.3, -0.25) is 0 Å². The number of aliphatic hydroxyl groups excluding tert-OH is 1. The quantitative estimate of drug-likeness (QED) is 0.777. The molecule has 0 radical (unpaired) electrons. The second-order valence-electron chi connectivity index (χ2n) is 4.57. The van der Waals surface area contributed by atoms with E-state index < -0.39 is 40.8 Å². The first-order valence-electron chi connectivity index (χ1n) is 5.93. The summed E-state index contributed by atoms with van der Waals surface area (Å²) >= 11 is 0. The molecule has 0 aliphatic carbocycles. The Morgan fingerprint density at radius 2 is 2.05 bits per heavy atom. The van der Waals surface area contributed by atoms with Crippen LogP contribution in [0.5, 0.6) is 5.75 Å². The molecule has 0 bridgehead atoms. The molecule has 3 rings (SSSR count). The van der Waals surface area contributed by atoms with E-state index >= 15 is 0 Å². The van der Waals surface area contributed by atoms with Crippen molar-refractivity contribution >= 4 is 11.0 Å². The van der Waals surface area contributed by atoms with Gasteiger partial charge < -0.3 is 19.4 Å². The molecule has 2 unspecified atom stereocenters. The molecule has 1 aromatic carbocycles. The van der Waals surface area contributed by atoms with Gasteiger partial charge in [0.05, 0.1) is 17.6 Å². The fourth-order valence-corrected chi connectivity index (χ4v) is 2.42. The number of aromatic hydroxyl groups is 1. The maximum atomic E-state index is 13.5. The van der Waals surface area contributed by atoms with Crippen LogP contribution in [0.15, 0.2) is 21.3 Å². The van der Waals surface area contributed by atoms with Crippen molar-refractivity contribution < 1.29 is 28.1 Å². The van der Waals surface area contributed by atoms with Crippen molar-refractivity contribution in [2.75, 3.05) is 6.61 Å². The Morgan fingerprint density at radius 1 is 1.30 bits per heavy atom. The van der Waals surface area contributed by atoms with E-state index in [-0.39, 0.29) is 17.6 Å². The molecule has 5 nitrogen and oxygen atoms in total. The van der Waals surface area contributed by atoms with Gasteiger partial charge in [-0.15, -0.1) is 0 Å². The standard InChI is InChI=1S/C13H10F2O5/c14-5-3-7-10(16)9(6-1-2-19-12(6)17)13(18)20-11(7)8(15)4-5/h3-4,6,12,16-17H,1-2H2. The minimum atomic E-state index is -1.26. The van der Waals surface area contributed by atoms with E-state index in [4.69, 9.17) is 9.15 Å². The van der Waals surface area contributed by atoms with Gasteiger partial charge in [-0.2, -0.15) is 0 Å². The maximum absolute atomic E-state index is 13.5. The number of rotatable bonds is 1. The highest BCUT2D eigenvalue weighted by Gasteiger charge is 2.34. The Labute approximate surface area is 111 Å². The lowest BCUT2D eigenvalue weighted by Gasteiger charge is -2.14. The summed E-state index contributed by atoms with van der Waals surface area (Å²) in [6.07, 6.45) is -0.970. The summed E-state index contributed by atoms with van der Waals surface area (Å²) in [7, 11) is 0. The van der Waals surface area contributed by atoms with Gasteiger partial charge in [-0.1, -0.05) is 0 Å². The molecule has 20 heavy (non-hydrogen) atoms. The monoisotopic (exact) mass is 284 g/mol. The van der Waals surface area contributed by atoms with Crippen LogP contribution < -0.4 is 5.63 Å². The van der Waals surface area contributed by atoms with Crippen LogP contribution in [0.25, 0.3) is 11.0 Å². The van der Waals surface area contributed by atoms with Crippen LogP contribution in [-0.4, -0.2) is 23.1 Å².